The molecule has 2 aromatic heterocycles. The van der Waals surface area contributed by atoms with Gasteiger partial charge in [-0.15, -0.1) is 11.3 Å². The lowest BCUT2D eigenvalue weighted by molar-refractivity contribution is 0.509. The summed E-state index contributed by atoms with van der Waals surface area (Å²) in [6, 6.07) is 8.32. The Hall–Kier alpha value is -2.71. The molecule has 0 bridgehead atoms. The second-order valence-corrected chi connectivity index (χ2v) is 8.56. The third-order valence-corrected chi connectivity index (χ3v) is 6.42. The number of rotatable bonds is 2. The first-order chi connectivity index (χ1) is 13.0. The van der Waals surface area contributed by atoms with Crippen LogP contribution < -0.4 is 5.56 Å². The summed E-state index contributed by atoms with van der Waals surface area (Å²) in [4.78, 5) is 22.3. The average molecular weight is 375 g/mol. The van der Waals surface area contributed by atoms with Gasteiger partial charge in [-0.05, 0) is 61.8 Å². The summed E-state index contributed by atoms with van der Waals surface area (Å²) in [6.45, 7) is 6.28. The highest BCUT2D eigenvalue weighted by molar-refractivity contribution is 7.18. The van der Waals surface area contributed by atoms with Crippen molar-refractivity contribution in [1.82, 2.24) is 9.97 Å². The third kappa shape index (κ3) is 3.22. The molecule has 4 rings (SSSR count). The Bertz CT molecular complexity index is 1180. The van der Waals surface area contributed by atoms with Crippen LogP contribution in [0.3, 0.4) is 0 Å². The maximum atomic E-state index is 12.8. The van der Waals surface area contributed by atoms with Crippen LogP contribution in [0.25, 0.3) is 21.9 Å². The van der Waals surface area contributed by atoms with E-state index in [1.165, 1.54) is 4.88 Å². The minimum atomic E-state index is -0.135. The van der Waals surface area contributed by atoms with Crippen LogP contribution in [0.4, 0.5) is 0 Å². The van der Waals surface area contributed by atoms with Gasteiger partial charge in [0.1, 0.15) is 10.9 Å². The minimum absolute atomic E-state index is 0.135. The van der Waals surface area contributed by atoms with E-state index in [9.17, 15) is 10.1 Å². The number of thiophene rings is 1. The Balaban J connectivity index is 1.86. The first-order valence-electron chi connectivity index (χ1n) is 9.20. The molecule has 0 fully saturated rings. The molecule has 0 aliphatic heterocycles. The van der Waals surface area contributed by atoms with Gasteiger partial charge in [0.05, 0.1) is 11.0 Å². The number of nitrogens with zero attached hydrogens (tertiary/aromatic N) is 2. The van der Waals surface area contributed by atoms with Gasteiger partial charge in [0.15, 0.2) is 5.82 Å². The van der Waals surface area contributed by atoms with Gasteiger partial charge < -0.3 is 4.98 Å². The Labute approximate surface area is 162 Å². The minimum Gasteiger partial charge on any atom is -0.305 e. The van der Waals surface area contributed by atoms with E-state index in [1.807, 2.05) is 38.1 Å². The lowest BCUT2D eigenvalue weighted by Gasteiger charge is -2.17. The van der Waals surface area contributed by atoms with Gasteiger partial charge >= 0.3 is 0 Å². The Morgan fingerprint density at radius 1 is 1.41 bits per heavy atom. The van der Waals surface area contributed by atoms with Crippen LogP contribution in [0.5, 0.6) is 0 Å². The van der Waals surface area contributed by atoms with Crippen molar-refractivity contribution in [1.29, 1.82) is 5.26 Å². The number of aryl methyl sites for hydroxylation is 3. The Morgan fingerprint density at radius 2 is 2.22 bits per heavy atom. The molecule has 4 nitrogen and oxygen atoms in total. The lowest BCUT2D eigenvalue weighted by Crippen LogP contribution is -2.14. The van der Waals surface area contributed by atoms with Crippen LogP contribution in [0.1, 0.15) is 46.3 Å². The van der Waals surface area contributed by atoms with Crippen molar-refractivity contribution in [2.45, 2.75) is 40.0 Å². The van der Waals surface area contributed by atoms with Gasteiger partial charge in [0, 0.05) is 4.88 Å². The van der Waals surface area contributed by atoms with E-state index >= 15 is 0 Å². The number of aromatic amines is 1. The lowest BCUT2D eigenvalue weighted by atomic mass is 9.89. The summed E-state index contributed by atoms with van der Waals surface area (Å²) < 4.78 is 0. The summed E-state index contributed by atoms with van der Waals surface area (Å²) in [6.07, 6.45) is 4.86. The molecule has 1 N–H and O–H groups in total. The highest BCUT2D eigenvalue weighted by Crippen LogP contribution is 2.36. The summed E-state index contributed by atoms with van der Waals surface area (Å²) in [5.41, 5.74) is 4.57. The summed E-state index contributed by atoms with van der Waals surface area (Å²) in [7, 11) is 0. The zero-order valence-corrected chi connectivity index (χ0v) is 16.5. The molecule has 5 heteroatoms. The first kappa shape index (κ1) is 17.7. The van der Waals surface area contributed by atoms with E-state index in [4.69, 9.17) is 0 Å². The normalized spacial score (nSPS) is 17.0. The molecular formula is C22H21N3OS. The van der Waals surface area contributed by atoms with Crippen molar-refractivity contribution in [3.05, 3.63) is 61.5 Å². The molecular weight excluding hydrogens is 354 g/mol. The smallest absolute Gasteiger partial charge is 0.260 e. The molecule has 0 saturated carbocycles. The fourth-order valence-corrected chi connectivity index (χ4v) is 5.08. The van der Waals surface area contributed by atoms with E-state index < -0.39 is 0 Å². The summed E-state index contributed by atoms with van der Waals surface area (Å²) in [5.74, 6) is 0.991. The van der Waals surface area contributed by atoms with Gasteiger partial charge in [0.2, 0.25) is 0 Å². The van der Waals surface area contributed by atoms with Crippen molar-refractivity contribution in [3.8, 4) is 6.07 Å². The van der Waals surface area contributed by atoms with Gasteiger partial charge in [0.25, 0.3) is 5.56 Å². The number of aromatic nitrogens is 2. The van der Waals surface area contributed by atoms with Gasteiger partial charge in [-0.2, -0.15) is 5.26 Å². The second kappa shape index (κ2) is 6.79. The number of hydrogen-bond acceptors (Lipinski definition) is 4. The predicted octanol–water partition coefficient (Wildman–Crippen LogP) is 4.79. The molecule has 0 amide bonds. The largest absolute Gasteiger partial charge is 0.305 e. The number of hydrogen-bond donors (Lipinski definition) is 1. The topological polar surface area (TPSA) is 69.5 Å². The van der Waals surface area contributed by atoms with Crippen molar-refractivity contribution in [2.24, 2.45) is 5.92 Å². The van der Waals surface area contributed by atoms with Crippen LogP contribution in [0.15, 0.2) is 23.0 Å². The Morgan fingerprint density at radius 3 is 3.00 bits per heavy atom. The van der Waals surface area contributed by atoms with Crippen molar-refractivity contribution >= 4 is 33.2 Å². The average Bonchev–Trinajstić information content (AvgIpc) is 3.00. The summed E-state index contributed by atoms with van der Waals surface area (Å²) in [5, 5.41) is 10.4. The number of nitriles is 1. The van der Waals surface area contributed by atoms with Crippen molar-refractivity contribution < 1.29 is 0 Å². The molecule has 3 aromatic rings. The van der Waals surface area contributed by atoms with Crippen LogP contribution in [0.2, 0.25) is 0 Å². The first-order valence-corrected chi connectivity index (χ1v) is 10.0. The zero-order chi connectivity index (χ0) is 19.1. The second-order valence-electron chi connectivity index (χ2n) is 7.48. The number of allylic oxidation sites excluding steroid dienone is 1. The van der Waals surface area contributed by atoms with Crippen LogP contribution in [-0.4, -0.2) is 9.97 Å². The van der Waals surface area contributed by atoms with E-state index in [-0.39, 0.29) is 5.56 Å². The quantitative estimate of drug-likeness (QED) is 0.655. The van der Waals surface area contributed by atoms with E-state index in [1.54, 1.807) is 11.3 Å². The molecule has 0 radical (unpaired) electrons. The van der Waals surface area contributed by atoms with Crippen molar-refractivity contribution in [2.75, 3.05) is 0 Å². The molecule has 0 spiro atoms. The molecule has 0 unspecified atom stereocenters. The van der Waals surface area contributed by atoms with Crippen LogP contribution in [-0.2, 0) is 12.8 Å². The zero-order valence-electron chi connectivity index (χ0n) is 15.7. The van der Waals surface area contributed by atoms with Crippen LogP contribution >= 0.6 is 11.3 Å². The van der Waals surface area contributed by atoms with Gasteiger partial charge in [-0.25, -0.2) is 4.98 Å². The number of fused-ring (bicyclic) bond motifs is 3. The number of benzene rings is 1. The van der Waals surface area contributed by atoms with Gasteiger partial charge in [-0.3, -0.25) is 4.79 Å². The maximum Gasteiger partial charge on any atom is 0.260 e. The molecule has 1 atom stereocenters. The fraction of sp³-hybridized carbons (Fsp3) is 0.318. The number of H-pyrrole nitrogens is 1. The summed E-state index contributed by atoms with van der Waals surface area (Å²) >= 11 is 1.60. The van der Waals surface area contributed by atoms with E-state index in [0.29, 0.717) is 17.3 Å². The van der Waals surface area contributed by atoms with Crippen molar-refractivity contribution in [3.63, 3.8) is 0 Å². The Kier molecular flexibility index (Phi) is 4.45. The molecule has 1 aromatic carbocycles. The molecule has 136 valence electrons. The van der Waals surface area contributed by atoms with Gasteiger partial charge in [-0.1, -0.05) is 30.7 Å². The highest BCUT2D eigenvalue weighted by Gasteiger charge is 2.23. The molecule has 1 aliphatic carbocycles. The highest BCUT2D eigenvalue weighted by atomic mass is 32.1. The van der Waals surface area contributed by atoms with E-state index in [0.717, 1.165) is 51.7 Å². The molecule has 1 aliphatic rings. The fourth-order valence-electron chi connectivity index (χ4n) is 3.70. The monoisotopic (exact) mass is 375 g/mol. The number of nitrogens with one attached hydrogen (secondary N) is 1. The van der Waals surface area contributed by atoms with E-state index in [2.05, 4.69) is 23.0 Å². The third-order valence-electron chi connectivity index (χ3n) is 5.28. The molecule has 2 heterocycles. The predicted molar refractivity (Wildman–Crippen MR) is 111 cm³/mol. The van der Waals surface area contributed by atoms with Crippen LogP contribution in [0, 0.1) is 31.1 Å². The SMILES string of the molecule is Cc1ccc(C)c(/C=C(\C#N)c2nc3sc4c(c3c(=O)[nH]2)CC[C@H](C)C4)c1. The molecule has 0 saturated heterocycles. The maximum absolute atomic E-state index is 12.8. The molecule has 27 heavy (non-hydrogen) atoms. The standard InChI is InChI=1S/C22H21N3OS/c1-12-4-6-14(3)15(8-12)10-16(11-23)20-24-21(26)19-17-7-5-13(2)9-18(17)27-22(19)25-20/h4,6,8,10,13H,5,7,9H2,1-3H3,(H,24,25,26)/b16-10+/t13-/m0/s1.